The van der Waals surface area contributed by atoms with E-state index >= 15 is 0 Å². The van der Waals surface area contributed by atoms with Gasteiger partial charge in [-0.25, -0.2) is 9.37 Å². The zero-order chi connectivity index (χ0) is 21.5. The molecule has 3 aromatic rings. The molecule has 2 N–H and O–H groups in total. The molecule has 0 spiro atoms. The first-order chi connectivity index (χ1) is 14.4. The van der Waals surface area contributed by atoms with E-state index in [1.54, 1.807) is 5.38 Å². The van der Waals surface area contributed by atoms with Gasteiger partial charge >= 0.3 is 0 Å². The Morgan fingerprint density at radius 1 is 1.03 bits per heavy atom. The average molecular weight is 428 g/mol. The minimum absolute atomic E-state index is 0.216. The number of hydrogen-bond acceptors (Lipinski definition) is 5. The molecular formula is C22H22FN3O3S. The summed E-state index contributed by atoms with van der Waals surface area (Å²) >= 11 is 1.35. The Morgan fingerprint density at radius 3 is 2.43 bits per heavy atom. The molecular weight excluding hydrogens is 405 g/mol. The highest BCUT2D eigenvalue weighted by atomic mass is 32.1. The van der Waals surface area contributed by atoms with E-state index in [1.807, 2.05) is 26.0 Å². The third-order valence-corrected chi connectivity index (χ3v) is 4.95. The molecule has 1 heterocycles. The molecule has 0 saturated carbocycles. The first kappa shape index (κ1) is 21.4. The van der Waals surface area contributed by atoms with Crippen molar-refractivity contribution in [3.63, 3.8) is 0 Å². The number of halogens is 1. The summed E-state index contributed by atoms with van der Waals surface area (Å²) < 4.78 is 18.9. The van der Waals surface area contributed by atoms with Crippen LogP contribution < -0.4 is 15.4 Å². The molecule has 8 heteroatoms. The van der Waals surface area contributed by atoms with Crippen LogP contribution in [0.5, 0.6) is 5.75 Å². The summed E-state index contributed by atoms with van der Waals surface area (Å²) in [6, 6.07) is 11.4. The first-order valence-electron chi connectivity index (χ1n) is 9.38. The zero-order valence-electron chi connectivity index (χ0n) is 16.7. The van der Waals surface area contributed by atoms with E-state index in [2.05, 4.69) is 21.7 Å². The topological polar surface area (TPSA) is 80.3 Å². The van der Waals surface area contributed by atoms with Gasteiger partial charge in [0.25, 0.3) is 11.8 Å². The Bertz CT molecular complexity index is 1030. The quantitative estimate of drug-likeness (QED) is 0.538. The molecule has 6 nitrogen and oxygen atoms in total. The standard InChI is InChI=1S/C22H22FN3O3S/c1-14-8-15(2)10-18(9-14)29-12-20-26-19(13-30-20)22(28)25-7-6-24-21(27)16-4-3-5-17(23)11-16/h3-5,8-11,13H,6-7,12H2,1-2H3,(H,24,27)(H,25,28). The molecule has 0 saturated heterocycles. The van der Waals surface area contributed by atoms with Crippen LogP contribution >= 0.6 is 11.3 Å². The molecule has 0 radical (unpaired) electrons. The number of carbonyl (C=O) groups is 2. The van der Waals surface area contributed by atoms with Crippen LogP contribution in [0.3, 0.4) is 0 Å². The van der Waals surface area contributed by atoms with Crippen molar-refractivity contribution in [1.82, 2.24) is 15.6 Å². The number of amides is 2. The molecule has 0 fully saturated rings. The highest BCUT2D eigenvalue weighted by Gasteiger charge is 2.11. The number of rotatable bonds is 8. The average Bonchev–Trinajstić information content (AvgIpc) is 3.18. The summed E-state index contributed by atoms with van der Waals surface area (Å²) in [4.78, 5) is 28.4. The minimum atomic E-state index is -0.475. The summed E-state index contributed by atoms with van der Waals surface area (Å²) in [5.74, 6) is -0.438. The molecule has 0 aliphatic carbocycles. The van der Waals surface area contributed by atoms with Gasteiger partial charge in [-0.1, -0.05) is 12.1 Å². The van der Waals surface area contributed by atoms with Gasteiger partial charge in [0.05, 0.1) is 0 Å². The van der Waals surface area contributed by atoms with Gasteiger partial charge in [0.15, 0.2) is 0 Å². The number of aromatic nitrogens is 1. The van der Waals surface area contributed by atoms with Crippen LogP contribution in [0.2, 0.25) is 0 Å². The van der Waals surface area contributed by atoms with E-state index in [4.69, 9.17) is 4.74 Å². The van der Waals surface area contributed by atoms with Crippen LogP contribution in [0, 0.1) is 19.7 Å². The van der Waals surface area contributed by atoms with Gasteiger partial charge in [0.2, 0.25) is 0 Å². The number of carbonyl (C=O) groups excluding carboxylic acids is 2. The zero-order valence-corrected chi connectivity index (χ0v) is 17.5. The molecule has 156 valence electrons. The maximum absolute atomic E-state index is 13.1. The lowest BCUT2D eigenvalue weighted by Gasteiger charge is -2.07. The van der Waals surface area contributed by atoms with Crippen LogP contribution in [0.15, 0.2) is 47.8 Å². The summed E-state index contributed by atoms with van der Waals surface area (Å²) in [6.45, 7) is 4.74. The molecule has 0 unspecified atom stereocenters. The van der Waals surface area contributed by atoms with Gasteiger partial charge in [-0.15, -0.1) is 11.3 Å². The molecule has 0 aliphatic rings. The lowest BCUT2D eigenvalue weighted by Crippen LogP contribution is -2.34. The lowest BCUT2D eigenvalue weighted by molar-refractivity contribution is 0.0925. The number of hydrogen-bond donors (Lipinski definition) is 2. The Morgan fingerprint density at radius 2 is 1.73 bits per heavy atom. The minimum Gasteiger partial charge on any atom is -0.486 e. The van der Waals surface area contributed by atoms with Crippen LogP contribution in [0.25, 0.3) is 0 Å². The van der Waals surface area contributed by atoms with Crippen molar-refractivity contribution in [2.45, 2.75) is 20.5 Å². The third-order valence-electron chi connectivity index (χ3n) is 4.12. The van der Waals surface area contributed by atoms with Crippen molar-refractivity contribution in [1.29, 1.82) is 0 Å². The predicted molar refractivity (Wildman–Crippen MR) is 113 cm³/mol. The van der Waals surface area contributed by atoms with E-state index in [0.717, 1.165) is 22.9 Å². The smallest absolute Gasteiger partial charge is 0.270 e. The lowest BCUT2D eigenvalue weighted by atomic mass is 10.1. The van der Waals surface area contributed by atoms with Crippen LogP contribution in [0.4, 0.5) is 4.39 Å². The van der Waals surface area contributed by atoms with Crippen LogP contribution in [0.1, 0.15) is 37.0 Å². The molecule has 0 aliphatic heterocycles. The second kappa shape index (κ2) is 9.98. The number of ether oxygens (including phenoxy) is 1. The second-order valence-corrected chi connectivity index (χ2v) is 7.70. The fraction of sp³-hybridized carbons (Fsp3) is 0.227. The molecule has 1 aromatic heterocycles. The van der Waals surface area contributed by atoms with Gasteiger partial charge in [-0.05, 0) is 55.3 Å². The fourth-order valence-electron chi connectivity index (χ4n) is 2.82. The number of nitrogens with one attached hydrogen (secondary N) is 2. The van der Waals surface area contributed by atoms with Crippen molar-refractivity contribution in [3.05, 3.63) is 81.1 Å². The van der Waals surface area contributed by atoms with Crippen molar-refractivity contribution in [3.8, 4) is 5.75 Å². The Kier molecular flexibility index (Phi) is 7.13. The van der Waals surface area contributed by atoms with E-state index in [0.29, 0.717) is 10.7 Å². The van der Waals surface area contributed by atoms with Crippen molar-refractivity contribution < 1.29 is 18.7 Å². The van der Waals surface area contributed by atoms with Crippen LogP contribution in [-0.2, 0) is 6.61 Å². The molecule has 2 amide bonds. The first-order valence-corrected chi connectivity index (χ1v) is 10.3. The van der Waals surface area contributed by atoms with E-state index < -0.39 is 11.7 Å². The predicted octanol–water partition coefficient (Wildman–Crippen LogP) is 3.64. The number of aryl methyl sites for hydroxylation is 2. The van der Waals surface area contributed by atoms with Gasteiger partial charge in [-0.2, -0.15) is 0 Å². The van der Waals surface area contributed by atoms with Gasteiger partial charge in [-0.3, -0.25) is 9.59 Å². The number of nitrogens with zero attached hydrogens (tertiary/aromatic N) is 1. The summed E-state index contributed by atoms with van der Waals surface area (Å²) in [7, 11) is 0. The Labute approximate surface area is 178 Å². The maximum atomic E-state index is 13.1. The highest BCUT2D eigenvalue weighted by Crippen LogP contribution is 2.19. The largest absolute Gasteiger partial charge is 0.486 e. The maximum Gasteiger partial charge on any atom is 0.270 e. The second-order valence-electron chi connectivity index (χ2n) is 6.76. The Hall–Kier alpha value is -3.26. The van der Waals surface area contributed by atoms with E-state index in [1.165, 1.54) is 29.5 Å². The van der Waals surface area contributed by atoms with E-state index in [-0.39, 0.29) is 31.2 Å². The molecule has 3 rings (SSSR count). The Balaban J connectivity index is 1.43. The highest BCUT2D eigenvalue weighted by molar-refractivity contribution is 7.09. The van der Waals surface area contributed by atoms with Gasteiger partial charge in [0, 0.05) is 24.0 Å². The fourth-order valence-corrected chi connectivity index (χ4v) is 3.50. The molecule has 2 aromatic carbocycles. The third kappa shape index (κ3) is 6.12. The summed E-state index contributed by atoms with van der Waals surface area (Å²) in [5, 5.41) is 7.68. The van der Waals surface area contributed by atoms with Crippen molar-refractivity contribution in [2.24, 2.45) is 0 Å². The molecule has 0 bridgehead atoms. The number of benzene rings is 2. The van der Waals surface area contributed by atoms with Gasteiger partial charge < -0.3 is 15.4 Å². The van der Waals surface area contributed by atoms with Crippen molar-refractivity contribution in [2.75, 3.05) is 13.1 Å². The normalized spacial score (nSPS) is 10.5. The molecule has 0 atom stereocenters. The van der Waals surface area contributed by atoms with Crippen LogP contribution in [-0.4, -0.2) is 29.9 Å². The van der Waals surface area contributed by atoms with Gasteiger partial charge in [0.1, 0.15) is 28.9 Å². The monoisotopic (exact) mass is 427 g/mol. The SMILES string of the molecule is Cc1cc(C)cc(OCc2nc(C(=O)NCCNC(=O)c3cccc(F)c3)cs2)c1. The summed E-state index contributed by atoms with van der Waals surface area (Å²) in [5.41, 5.74) is 2.77. The number of thiazole rings is 1. The summed E-state index contributed by atoms with van der Waals surface area (Å²) in [6.07, 6.45) is 0. The molecule has 30 heavy (non-hydrogen) atoms. The van der Waals surface area contributed by atoms with E-state index in [9.17, 15) is 14.0 Å². The van der Waals surface area contributed by atoms with Crippen molar-refractivity contribution >= 4 is 23.2 Å².